The number of hydrogen-bond acceptors (Lipinski definition) is 7. The second kappa shape index (κ2) is 18.0. The Bertz CT molecular complexity index is 2400. The lowest BCUT2D eigenvalue weighted by Crippen LogP contribution is -2.48. The highest BCUT2D eigenvalue weighted by Crippen LogP contribution is 2.43. The van der Waals surface area contributed by atoms with E-state index in [9.17, 15) is 4.79 Å². The number of pyridine rings is 1. The van der Waals surface area contributed by atoms with Gasteiger partial charge in [-0.2, -0.15) is 5.10 Å². The van der Waals surface area contributed by atoms with Crippen LogP contribution in [0.3, 0.4) is 0 Å². The van der Waals surface area contributed by atoms with Crippen molar-refractivity contribution in [2.75, 3.05) is 17.7 Å². The van der Waals surface area contributed by atoms with Crippen molar-refractivity contribution in [3.63, 3.8) is 0 Å². The molecule has 6 aromatic rings. The summed E-state index contributed by atoms with van der Waals surface area (Å²) in [5.74, 6) is 2.97. The molecular weight excluding hydrogens is 783 g/mol. The van der Waals surface area contributed by atoms with Crippen molar-refractivity contribution in [2.45, 2.75) is 121 Å². The summed E-state index contributed by atoms with van der Waals surface area (Å²) >= 11 is 1.81. The van der Waals surface area contributed by atoms with Crippen molar-refractivity contribution < 1.29 is 14.0 Å². The van der Waals surface area contributed by atoms with Gasteiger partial charge < -0.3 is 14.5 Å². The number of urea groups is 1. The first kappa shape index (κ1) is 43.2. The van der Waals surface area contributed by atoms with Crippen LogP contribution in [0, 0.1) is 6.92 Å². The number of carbonyl (C=O) groups is 1. The van der Waals surface area contributed by atoms with E-state index in [-0.39, 0.29) is 23.6 Å². The Hall–Kier alpha value is -4.91. The SMILES string of the molecule is Cc1ccc(-n2nc(C(C)(C)C)cc2NC(=O)N[C@H]2CC[C@@H](Oc3ccc4nnc(-c5ccccc5SCCO[Si](C(C)C)(C(C)C)C(C)C)n4c3)c3ccccc32)cc1. The number of amides is 2. The van der Waals surface area contributed by atoms with E-state index in [1.807, 2.05) is 81.6 Å². The molecule has 0 unspecified atom stereocenters. The minimum Gasteiger partial charge on any atom is -0.484 e. The van der Waals surface area contributed by atoms with Crippen molar-refractivity contribution in [3.05, 3.63) is 120 Å². The van der Waals surface area contributed by atoms with E-state index in [0.717, 1.165) is 74.5 Å². The van der Waals surface area contributed by atoms with E-state index in [4.69, 9.17) is 14.3 Å². The quantitative estimate of drug-likeness (QED) is 0.0639. The van der Waals surface area contributed by atoms with E-state index in [1.54, 1.807) is 0 Å². The van der Waals surface area contributed by atoms with Gasteiger partial charge in [0.15, 0.2) is 19.8 Å². The first-order chi connectivity index (χ1) is 28.6. The van der Waals surface area contributed by atoms with Gasteiger partial charge in [-0.1, -0.05) is 122 Å². The third-order valence-corrected chi connectivity index (χ3v) is 19.1. The van der Waals surface area contributed by atoms with Crippen LogP contribution < -0.4 is 15.4 Å². The predicted octanol–water partition coefficient (Wildman–Crippen LogP) is 12.2. The highest BCUT2D eigenvalue weighted by molar-refractivity contribution is 7.99. The molecule has 1 aliphatic carbocycles. The molecule has 10 nitrogen and oxygen atoms in total. The minimum atomic E-state index is -1.94. The van der Waals surface area contributed by atoms with E-state index in [1.165, 1.54) is 0 Å². The van der Waals surface area contributed by atoms with Crippen LogP contribution in [0.25, 0.3) is 22.7 Å². The molecule has 3 heterocycles. The fourth-order valence-electron chi connectivity index (χ4n) is 8.99. The maximum Gasteiger partial charge on any atom is 0.320 e. The number of fused-ring (bicyclic) bond motifs is 2. The summed E-state index contributed by atoms with van der Waals surface area (Å²) in [6.45, 7) is 23.1. The fourth-order valence-corrected chi connectivity index (χ4v) is 15.5. The molecule has 60 heavy (non-hydrogen) atoms. The van der Waals surface area contributed by atoms with Crippen molar-refractivity contribution in [3.8, 4) is 22.8 Å². The number of nitrogens with zero attached hydrogens (tertiary/aromatic N) is 5. The normalized spacial score (nSPS) is 15.8. The lowest BCUT2D eigenvalue weighted by molar-refractivity contribution is 0.171. The van der Waals surface area contributed by atoms with Gasteiger partial charge in [0.1, 0.15) is 17.7 Å². The van der Waals surface area contributed by atoms with Crippen molar-refractivity contribution in [1.82, 2.24) is 29.7 Å². The molecule has 0 fully saturated rings. The number of carbonyl (C=O) groups excluding carboxylic acids is 1. The van der Waals surface area contributed by atoms with Crippen LogP contribution >= 0.6 is 11.8 Å². The molecule has 2 atom stereocenters. The summed E-state index contributed by atoms with van der Waals surface area (Å²) in [5.41, 5.74) is 8.28. The average molecular weight is 844 g/mol. The molecule has 7 rings (SSSR count). The van der Waals surface area contributed by atoms with Gasteiger partial charge in [-0.25, -0.2) is 9.48 Å². The number of rotatable bonds is 14. The number of hydrogen-bond donors (Lipinski definition) is 2. The zero-order valence-electron chi connectivity index (χ0n) is 36.8. The van der Waals surface area contributed by atoms with Gasteiger partial charge in [0, 0.05) is 34.3 Å². The maximum atomic E-state index is 13.7. The minimum absolute atomic E-state index is 0.190. The van der Waals surface area contributed by atoms with Crippen LogP contribution in [0.4, 0.5) is 10.6 Å². The predicted molar refractivity (Wildman–Crippen MR) is 247 cm³/mol. The lowest BCUT2D eigenvalue weighted by atomic mass is 9.85. The van der Waals surface area contributed by atoms with Gasteiger partial charge in [-0.15, -0.1) is 22.0 Å². The Morgan fingerprint density at radius 3 is 2.25 bits per heavy atom. The molecule has 0 saturated heterocycles. The van der Waals surface area contributed by atoms with Crippen LogP contribution in [0.5, 0.6) is 5.75 Å². The molecule has 1 aliphatic rings. The molecular formula is C48H61N7O3SSi. The van der Waals surface area contributed by atoms with E-state index >= 15 is 0 Å². The van der Waals surface area contributed by atoms with Gasteiger partial charge in [0.25, 0.3) is 0 Å². The third kappa shape index (κ3) is 9.06. The highest BCUT2D eigenvalue weighted by Gasteiger charge is 2.44. The molecule has 2 N–H and O–H groups in total. The summed E-state index contributed by atoms with van der Waals surface area (Å²) in [6, 6.07) is 30.2. The molecule has 0 spiro atoms. The molecule has 0 aliphatic heterocycles. The zero-order chi connectivity index (χ0) is 42.8. The van der Waals surface area contributed by atoms with Crippen LogP contribution in [0.15, 0.2) is 102 Å². The number of ether oxygens (including phenoxy) is 1. The number of aromatic nitrogens is 5. The summed E-state index contributed by atoms with van der Waals surface area (Å²) < 4.78 is 17.5. The fraction of sp³-hybridized carbons (Fsp3) is 0.417. The zero-order valence-corrected chi connectivity index (χ0v) is 38.6. The molecule has 316 valence electrons. The topological polar surface area (TPSA) is 108 Å². The summed E-state index contributed by atoms with van der Waals surface area (Å²) in [5, 5.41) is 20.5. The van der Waals surface area contributed by atoms with Crippen LogP contribution in [-0.2, 0) is 9.84 Å². The van der Waals surface area contributed by atoms with Crippen molar-refractivity contribution in [2.24, 2.45) is 0 Å². The largest absolute Gasteiger partial charge is 0.484 e. The van der Waals surface area contributed by atoms with Gasteiger partial charge in [-0.3, -0.25) is 9.72 Å². The van der Waals surface area contributed by atoms with Gasteiger partial charge in [0.2, 0.25) is 0 Å². The van der Waals surface area contributed by atoms with Gasteiger partial charge >= 0.3 is 6.03 Å². The van der Waals surface area contributed by atoms with E-state index < -0.39 is 8.32 Å². The average Bonchev–Trinajstić information content (AvgIpc) is 3.83. The van der Waals surface area contributed by atoms with E-state index in [0.29, 0.717) is 28.9 Å². The second-order valence-corrected chi connectivity index (χ2v) is 24.6. The maximum absolute atomic E-state index is 13.7. The van der Waals surface area contributed by atoms with E-state index in [2.05, 4.69) is 126 Å². The third-order valence-electron chi connectivity index (χ3n) is 11.9. The number of aryl methyl sites for hydroxylation is 1. The standard InChI is InChI=1S/C48H61N7O3SSi/c1-31(2)60(32(3)4,33(5)6)57-27-28-59-42-18-14-13-17-39(42)46-52-51-44-26-23-36(30-54(44)46)58-41-25-24-40(37-15-11-12-16-38(37)41)49-47(56)50-45-29-43(48(8,9)10)53-55(45)35-21-19-34(7)20-22-35/h11-23,26,29-33,40-41H,24-25,27-28H2,1-10H3,(H2,49,50,56)/t40-,41+/m0/s1. The molecule has 0 radical (unpaired) electrons. The molecule has 3 aromatic heterocycles. The second-order valence-electron chi connectivity index (χ2n) is 18.0. The van der Waals surface area contributed by atoms with Gasteiger partial charge in [-0.05, 0) is 77.8 Å². The Balaban J connectivity index is 1.05. The first-order valence-corrected chi connectivity index (χ1v) is 24.5. The number of anilines is 1. The molecule has 0 bridgehead atoms. The monoisotopic (exact) mass is 843 g/mol. The highest BCUT2D eigenvalue weighted by atomic mass is 32.2. The lowest BCUT2D eigenvalue weighted by Gasteiger charge is -2.42. The molecule has 12 heteroatoms. The Labute approximate surface area is 361 Å². The number of nitrogens with one attached hydrogen (secondary N) is 2. The van der Waals surface area contributed by atoms with Crippen LogP contribution in [0.2, 0.25) is 16.6 Å². The Morgan fingerprint density at radius 1 is 0.867 bits per heavy atom. The molecule has 2 amide bonds. The number of thioether (sulfide) groups is 1. The Kier molecular flexibility index (Phi) is 12.9. The summed E-state index contributed by atoms with van der Waals surface area (Å²) in [7, 11) is -1.94. The smallest absolute Gasteiger partial charge is 0.320 e. The van der Waals surface area contributed by atoms with Gasteiger partial charge in [0.05, 0.1) is 23.6 Å². The first-order valence-electron chi connectivity index (χ1n) is 21.4. The van der Waals surface area contributed by atoms with Crippen molar-refractivity contribution >= 4 is 37.6 Å². The summed E-state index contributed by atoms with van der Waals surface area (Å²) in [6.07, 6.45) is 3.23. The van der Waals surface area contributed by atoms with Crippen LogP contribution in [0.1, 0.15) is 110 Å². The molecule has 3 aromatic carbocycles. The van der Waals surface area contributed by atoms with Crippen LogP contribution in [-0.4, -0.2) is 51.1 Å². The summed E-state index contributed by atoms with van der Waals surface area (Å²) in [4.78, 5) is 14.8. The Morgan fingerprint density at radius 2 is 1.55 bits per heavy atom. The van der Waals surface area contributed by atoms with Crippen molar-refractivity contribution in [1.29, 1.82) is 0 Å². The molecule has 0 saturated carbocycles. The number of benzene rings is 3.